The van der Waals surface area contributed by atoms with Crippen molar-refractivity contribution in [3.05, 3.63) is 71.0 Å². The quantitative estimate of drug-likeness (QED) is 0.382. The van der Waals surface area contributed by atoms with Crippen molar-refractivity contribution in [2.45, 2.75) is 6.04 Å². The second kappa shape index (κ2) is 7.96. The largest absolute Gasteiger partial charge is 0.507 e. The van der Waals surface area contributed by atoms with Gasteiger partial charge in [-0.3, -0.25) is 19.5 Å². The molecule has 0 saturated carbocycles. The van der Waals surface area contributed by atoms with E-state index in [0.29, 0.717) is 27.8 Å². The van der Waals surface area contributed by atoms with E-state index in [2.05, 4.69) is 9.97 Å². The van der Waals surface area contributed by atoms with Crippen molar-refractivity contribution in [3.8, 4) is 11.5 Å². The summed E-state index contributed by atoms with van der Waals surface area (Å²) in [5.41, 5.74) is 0.916. The van der Waals surface area contributed by atoms with Gasteiger partial charge in [0.25, 0.3) is 5.78 Å². The highest BCUT2D eigenvalue weighted by molar-refractivity contribution is 7.14. The average Bonchev–Trinajstić information content (AvgIpc) is 3.40. The van der Waals surface area contributed by atoms with Gasteiger partial charge in [-0.1, -0.05) is 6.07 Å². The van der Waals surface area contributed by atoms with E-state index in [-0.39, 0.29) is 11.3 Å². The number of carbonyl (C=O) groups excluding carboxylic acids is 2. The third-order valence-corrected chi connectivity index (χ3v) is 5.52. The minimum atomic E-state index is -0.885. The molecule has 152 valence electrons. The van der Waals surface area contributed by atoms with E-state index >= 15 is 0 Å². The number of aliphatic hydroxyl groups excluding tert-OH is 1. The highest BCUT2D eigenvalue weighted by Gasteiger charge is 2.48. The zero-order valence-corrected chi connectivity index (χ0v) is 16.9. The third-order valence-electron chi connectivity index (χ3n) is 4.75. The fraction of sp³-hybridized carbons (Fsp3) is 0.143. The smallest absolute Gasteiger partial charge is 0.301 e. The van der Waals surface area contributed by atoms with Crippen molar-refractivity contribution in [2.24, 2.45) is 0 Å². The lowest BCUT2D eigenvalue weighted by Gasteiger charge is -2.23. The molecule has 30 heavy (non-hydrogen) atoms. The number of aromatic nitrogens is 2. The van der Waals surface area contributed by atoms with Gasteiger partial charge in [-0.25, -0.2) is 4.98 Å². The van der Waals surface area contributed by atoms with Crippen LogP contribution in [0.1, 0.15) is 17.2 Å². The van der Waals surface area contributed by atoms with Crippen LogP contribution in [0.3, 0.4) is 0 Å². The molecule has 0 bridgehead atoms. The van der Waals surface area contributed by atoms with Crippen LogP contribution in [0.2, 0.25) is 0 Å². The summed E-state index contributed by atoms with van der Waals surface area (Å²) in [6.07, 6.45) is 4.54. The number of pyridine rings is 1. The molecule has 1 aromatic carbocycles. The number of amides is 1. The van der Waals surface area contributed by atoms with E-state index in [0.717, 1.165) is 0 Å². The van der Waals surface area contributed by atoms with Crippen LogP contribution in [0, 0.1) is 0 Å². The van der Waals surface area contributed by atoms with E-state index < -0.39 is 17.7 Å². The summed E-state index contributed by atoms with van der Waals surface area (Å²) in [6, 6.07) is 7.33. The molecule has 3 aromatic rings. The third kappa shape index (κ3) is 3.18. The van der Waals surface area contributed by atoms with Crippen LogP contribution in [0.5, 0.6) is 11.5 Å². The first kappa shape index (κ1) is 19.6. The Bertz CT molecular complexity index is 1130. The monoisotopic (exact) mass is 423 g/mol. The Morgan fingerprint density at radius 1 is 1.07 bits per heavy atom. The van der Waals surface area contributed by atoms with Gasteiger partial charge in [0.2, 0.25) is 0 Å². The molecule has 8 nitrogen and oxygen atoms in total. The highest BCUT2D eigenvalue weighted by atomic mass is 32.1. The van der Waals surface area contributed by atoms with E-state index in [1.807, 2.05) is 0 Å². The lowest BCUT2D eigenvalue weighted by molar-refractivity contribution is -0.132. The first-order chi connectivity index (χ1) is 14.6. The molecule has 4 rings (SSSR count). The first-order valence-electron chi connectivity index (χ1n) is 8.89. The second-order valence-corrected chi connectivity index (χ2v) is 7.21. The maximum atomic E-state index is 13.0. The van der Waals surface area contributed by atoms with Gasteiger partial charge in [-0.15, -0.1) is 11.3 Å². The number of anilines is 1. The first-order valence-corrected chi connectivity index (χ1v) is 9.77. The molecule has 9 heteroatoms. The fourth-order valence-corrected chi connectivity index (χ4v) is 4.04. The summed E-state index contributed by atoms with van der Waals surface area (Å²) >= 11 is 1.22. The molecular formula is C21H17N3O5S. The molecule has 1 N–H and O–H groups in total. The Balaban J connectivity index is 1.95. The number of hydrogen-bond donors (Lipinski definition) is 1. The topological polar surface area (TPSA) is 102 Å². The zero-order valence-electron chi connectivity index (χ0n) is 16.1. The predicted octanol–water partition coefficient (Wildman–Crippen LogP) is 3.18. The maximum absolute atomic E-state index is 13.0. The van der Waals surface area contributed by atoms with Crippen molar-refractivity contribution in [1.29, 1.82) is 0 Å². The summed E-state index contributed by atoms with van der Waals surface area (Å²) in [5.74, 6) is -0.903. The molecule has 0 spiro atoms. The van der Waals surface area contributed by atoms with Crippen LogP contribution in [0.25, 0.3) is 5.76 Å². The molecule has 1 amide bonds. The Morgan fingerprint density at radius 2 is 1.80 bits per heavy atom. The normalized spacial score (nSPS) is 17.9. The van der Waals surface area contributed by atoms with Crippen LogP contribution in [-0.4, -0.2) is 41.0 Å². The second-order valence-electron chi connectivity index (χ2n) is 6.33. The Hall–Kier alpha value is -3.72. The van der Waals surface area contributed by atoms with Gasteiger partial charge >= 0.3 is 5.91 Å². The summed E-state index contributed by atoms with van der Waals surface area (Å²) in [6.45, 7) is 0. The van der Waals surface area contributed by atoms with Crippen LogP contribution in [0.15, 0.2) is 59.9 Å². The van der Waals surface area contributed by atoms with Crippen LogP contribution >= 0.6 is 11.3 Å². The van der Waals surface area contributed by atoms with Gasteiger partial charge in [0.05, 0.1) is 25.8 Å². The number of ether oxygens (including phenoxy) is 2. The van der Waals surface area contributed by atoms with Crippen molar-refractivity contribution < 1.29 is 24.2 Å². The lowest BCUT2D eigenvalue weighted by Crippen LogP contribution is -2.29. The number of nitrogens with zero attached hydrogens (tertiary/aromatic N) is 3. The number of ketones is 1. The summed E-state index contributed by atoms with van der Waals surface area (Å²) < 4.78 is 10.7. The highest BCUT2D eigenvalue weighted by Crippen LogP contribution is 2.44. The van der Waals surface area contributed by atoms with Crippen LogP contribution in [-0.2, 0) is 9.59 Å². The molecule has 1 unspecified atom stereocenters. The van der Waals surface area contributed by atoms with Crippen molar-refractivity contribution in [1.82, 2.24) is 9.97 Å². The lowest BCUT2D eigenvalue weighted by atomic mass is 9.95. The summed E-state index contributed by atoms with van der Waals surface area (Å²) in [5, 5.41) is 13.0. The molecule has 0 aliphatic carbocycles. The molecule has 1 aliphatic heterocycles. The number of methoxy groups -OCH3 is 2. The van der Waals surface area contributed by atoms with Crippen LogP contribution < -0.4 is 14.4 Å². The van der Waals surface area contributed by atoms with Crippen LogP contribution in [0.4, 0.5) is 5.13 Å². The maximum Gasteiger partial charge on any atom is 0.301 e. The van der Waals surface area contributed by atoms with Gasteiger partial charge < -0.3 is 14.6 Å². The summed E-state index contributed by atoms with van der Waals surface area (Å²) in [7, 11) is 3.01. The predicted molar refractivity (Wildman–Crippen MR) is 111 cm³/mol. The molecular weight excluding hydrogens is 406 g/mol. The number of aliphatic hydroxyl groups is 1. The van der Waals surface area contributed by atoms with Gasteiger partial charge in [-0.05, 0) is 29.8 Å². The number of carbonyl (C=O) groups is 2. The van der Waals surface area contributed by atoms with E-state index in [1.165, 1.54) is 42.8 Å². The van der Waals surface area contributed by atoms with Crippen molar-refractivity contribution >= 4 is 33.9 Å². The van der Waals surface area contributed by atoms with Gasteiger partial charge in [0.15, 0.2) is 16.6 Å². The molecule has 1 fully saturated rings. The number of Topliss-reactive ketones (excluding diaryl/α,β-unsaturated/α-hetero) is 1. The minimum Gasteiger partial charge on any atom is -0.507 e. The SMILES string of the molecule is COc1ccc(C2/C(=C(\O)c3ccncc3)C(=O)C(=O)N2c2nccs2)cc1OC. The molecule has 1 aliphatic rings. The summed E-state index contributed by atoms with van der Waals surface area (Å²) in [4.78, 5) is 35.3. The molecule has 1 saturated heterocycles. The molecule has 3 heterocycles. The van der Waals surface area contributed by atoms with Gasteiger partial charge in [-0.2, -0.15) is 0 Å². The van der Waals surface area contributed by atoms with E-state index in [1.54, 1.807) is 41.9 Å². The fourth-order valence-electron chi connectivity index (χ4n) is 3.37. The number of hydrogen-bond acceptors (Lipinski definition) is 8. The molecule has 0 radical (unpaired) electrons. The van der Waals surface area contributed by atoms with E-state index in [4.69, 9.17) is 9.47 Å². The Kier molecular flexibility index (Phi) is 5.20. The Morgan fingerprint density at radius 3 is 2.43 bits per heavy atom. The average molecular weight is 423 g/mol. The number of thiazole rings is 1. The van der Waals surface area contributed by atoms with Crippen molar-refractivity contribution in [2.75, 3.05) is 19.1 Å². The zero-order chi connectivity index (χ0) is 21.3. The number of benzene rings is 1. The Labute approximate surface area is 176 Å². The standard InChI is InChI=1S/C21H17N3O5S/c1-28-14-4-3-13(11-15(14)29-2)17-16(18(25)12-5-7-22-8-6-12)19(26)20(27)24(17)21-23-9-10-30-21/h3-11,17,25H,1-2H3/b18-16+. The molecule has 2 aromatic heterocycles. The minimum absolute atomic E-state index is 0.0337. The van der Waals surface area contributed by atoms with Crippen molar-refractivity contribution in [3.63, 3.8) is 0 Å². The number of rotatable bonds is 5. The van der Waals surface area contributed by atoms with Gasteiger partial charge in [0.1, 0.15) is 5.76 Å². The van der Waals surface area contributed by atoms with E-state index in [9.17, 15) is 14.7 Å². The molecule has 1 atom stereocenters. The van der Waals surface area contributed by atoms with Gasteiger partial charge in [0, 0.05) is 29.5 Å².